The second-order valence-corrected chi connectivity index (χ2v) is 6.52. The quantitative estimate of drug-likeness (QED) is 0.869. The Morgan fingerprint density at radius 2 is 2.00 bits per heavy atom. The zero-order valence-corrected chi connectivity index (χ0v) is 11.7. The lowest BCUT2D eigenvalue weighted by atomic mass is 9.94. The summed E-state index contributed by atoms with van der Waals surface area (Å²) in [6, 6.07) is 10.0. The maximum Gasteiger partial charge on any atom is 0.263 e. The van der Waals surface area contributed by atoms with Crippen LogP contribution in [0.5, 0.6) is 0 Å². The third-order valence-corrected chi connectivity index (χ3v) is 4.87. The van der Waals surface area contributed by atoms with Crippen LogP contribution in [-0.2, 0) is 0 Å². The molecule has 1 amide bonds. The number of benzene rings is 1. The summed E-state index contributed by atoms with van der Waals surface area (Å²) in [5, 5.41) is 11.0. The first-order valence-electron chi connectivity index (χ1n) is 6.55. The fourth-order valence-electron chi connectivity index (χ4n) is 2.43. The molecule has 1 aliphatic rings. The largest absolute Gasteiger partial charge is 0.390 e. The lowest BCUT2D eigenvalue weighted by Crippen LogP contribution is -2.44. The van der Waals surface area contributed by atoms with E-state index < -0.39 is 5.60 Å². The van der Waals surface area contributed by atoms with Gasteiger partial charge in [0.15, 0.2) is 0 Å². The van der Waals surface area contributed by atoms with E-state index in [1.165, 1.54) is 0 Å². The SMILES string of the molecule is CC1(O)CCN(C(=O)c2cc3ccccc3s2)CC1. The van der Waals surface area contributed by atoms with Gasteiger partial charge in [-0.2, -0.15) is 0 Å². The van der Waals surface area contributed by atoms with Crippen LogP contribution in [0.3, 0.4) is 0 Å². The summed E-state index contributed by atoms with van der Waals surface area (Å²) in [6.07, 6.45) is 1.31. The number of amides is 1. The number of carbonyl (C=O) groups is 1. The highest BCUT2D eigenvalue weighted by Crippen LogP contribution is 2.28. The molecule has 1 aromatic heterocycles. The van der Waals surface area contributed by atoms with E-state index in [9.17, 15) is 9.90 Å². The first kappa shape index (κ1) is 12.6. The highest BCUT2D eigenvalue weighted by atomic mass is 32.1. The van der Waals surface area contributed by atoms with Gasteiger partial charge in [0.25, 0.3) is 5.91 Å². The molecule has 1 saturated heterocycles. The third-order valence-electron chi connectivity index (χ3n) is 3.76. The van der Waals surface area contributed by atoms with Crippen molar-refractivity contribution in [2.45, 2.75) is 25.4 Å². The Morgan fingerprint density at radius 3 is 2.68 bits per heavy atom. The molecule has 0 unspecified atom stereocenters. The van der Waals surface area contributed by atoms with Crippen molar-refractivity contribution in [2.24, 2.45) is 0 Å². The summed E-state index contributed by atoms with van der Waals surface area (Å²) in [6.45, 7) is 3.12. The summed E-state index contributed by atoms with van der Waals surface area (Å²) in [5.41, 5.74) is -0.614. The van der Waals surface area contributed by atoms with Gasteiger partial charge < -0.3 is 10.0 Å². The van der Waals surface area contributed by atoms with E-state index in [4.69, 9.17) is 0 Å². The molecule has 3 nitrogen and oxygen atoms in total. The molecule has 0 saturated carbocycles. The number of fused-ring (bicyclic) bond motifs is 1. The Morgan fingerprint density at radius 1 is 1.32 bits per heavy atom. The molecule has 1 fully saturated rings. The molecule has 4 heteroatoms. The van der Waals surface area contributed by atoms with Gasteiger partial charge in [-0.05, 0) is 37.3 Å². The Hall–Kier alpha value is -1.39. The monoisotopic (exact) mass is 275 g/mol. The Balaban J connectivity index is 1.80. The van der Waals surface area contributed by atoms with Crippen molar-refractivity contribution in [1.29, 1.82) is 0 Å². The fourth-order valence-corrected chi connectivity index (χ4v) is 3.47. The number of likely N-dealkylation sites (tertiary alicyclic amines) is 1. The van der Waals surface area contributed by atoms with Crippen LogP contribution < -0.4 is 0 Å². The normalized spacial score (nSPS) is 18.7. The van der Waals surface area contributed by atoms with Crippen molar-refractivity contribution in [3.05, 3.63) is 35.2 Å². The van der Waals surface area contributed by atoms with Gasteiger partial charge >= 0.3 is 0 Å². The summed E-state index contributed by atoms with van der Waals surface area (Å²) in [5.74, 6) is 0.0942. The number of piperidine rings is 1. The van der Waals surface area contributed by atoms with E-state index in [1.54, 1.807) is 11.3 Å². The molecule has 2 heterocycles. The van der Waals surface area contributed by atoms with Crippen LogP contribution in [0.25, 0.3) is 10.1 Å². The average Bonchev–Trinajstić information content (AvgIpc) is 2.81. The van der Waals surface area contributed by atoms with Gasteiger partial charge in [0.2, 0.25) is 0 Å². The maximum atomic E-state index is 12.4. The first-order chi connectivity index (χ1) is 9.05. The smallest absolute Gasteiger partial charge is 0.263 e. The number of nitrogens with zero attached hydrogens (tertiary/aromatic N) is 1. The minimum atomic E-state index is -0.614. The van der Waals surface area contributed by atoms with Crippen molar-refractivity contribution in [3.8, 4) is 0 Å². The fraction of sp³-hybridized carbons (Fsp3) is 0.400. The van der Waals surface area contributed by atoms with Gasteiger partial charge in [-0.1, -0.05) is 18.2 Å². The molecule has 0 spiro atoms. The zero-order valence-electron chi connectivity index (χ0n) is 10.9. The number of hydrogen-bond acceptors (Lipinski definition) is 3. The summed E-state index contributed by atoms with van der Waals surface area (Å²) >= 11 is 1.55. The molecular formula is C15H17NO2S. The molecule has 1 N–H and O–H groups in total. The standard InChI is InChI=1S/C15H17NO2S/c1-15(18)6-8-16(9-7-15)14(17)13-10-11-4-2-3-5-12(11)19-13/h2-5,10,18H,6-9H2,1H3. The first-order valence-corrected chi connectivity index (χ1v) is 7.37. The van der Waals surface area contributed by atoms with Gasteiger partial charge in [0, 0.05) is 17.8 Å². The molecule has 1 aliphatic heterocycles. The molecule has 3 rings (SSSR count). The van der Waals surface area contributed by atoms with Crippen molar-refractivity contribution in [3.63, 3.8) is 0 Å². The minimum Gasteiger partial charge on any atom is -0.390 e. The number of carbonyl (C=O) groups excluding carboxylic acids is 1. The lowest BCUT2D eigenvalue weighted by Gasteiger charge is -2.35. The molecule has 0 bridgehead atoms. The summed E-state index contributed by atoms with van der Waals surface area (Å²) < 4.78 is 1.15. The van der Waals surface area contributed by atoms with E-state index in [-0.39, 0.29) is 5.91 Å². The van der Waals surface area contributed by atoms with Gasteiger partial charge in [-0.25, -0.2) is 0 Å². The highest BCUT2D eigenvalue weighted by molar-refractivity contribution is 7.20. The molecule has 0 atom stereocenters. The highest BCUT2D eigenvalue weighted by Gasteiger charge is 2.30. The van der Waals surface area contributed by atoms with Crippen LogP contribution in [0.1, 0.15) is 29.4 Å². The summed E-state index contributed by atoms with van der Waals surface area (Å²) in [7, 11) is 0. The maximum absolute atomic E-state index is 12.4. The number of rotatable bonds is 1. The van der Waals surface area contributed by atoms with Crippen LogP contribution >= 0.6 is 11.3 Å². The number of hydrogen-bond donors (Lipinski definition) is 1. The molecular weight excluding hydrogens is 258 g/mol. The second-order valence-electron chi connectivity index (χ2n) is 5.44. The Bertz CT molecular complexity index is 574. The van der Waals surface area contributed by atoms with Gasteiger partial charge in [-0.15, -0.1) is 11.3 Å². The van der Waals surface area contributed by atoms with Crippen molar-refractivity contribution >= 4 is 27.3 Å². The lowest BCUT2D eigenvalue weighted by molar-refractivity contribution is -0.00187. The van der Waals surface area contributed by atoms with E-state index in [2.05, 4.69) is 0 Å². The zero-order chi connectivity index (χ0) is 13.5. The van der Waals surface area contributed by atoms with Crippen LogP contribution in [0.2, 0.25) is 0 Å². The van der Waals surface area contributed by atoms with Crippen molar-refractivity contribution in [1.82, 2.24) is 4.90 Å². The molecule has 0 radical (unpaired) electrons. The average molecular weight is 275 g/mol. The van der Waals surface area contributed by atoms with Crippen LogP contribution in [0, 0.1) is 0 Å². The minimum absolute atomic E-state index is 0.0942. The van der Waals surface area contributed by atoms with Gasteiger partial charge in [0.1, 0.15) is 0 Å². The second kappa shape index (κ2) is 4.62. The molecule has 19 heavy (non-hydrogen) atoms. The van der Waals surface area contributed by atoms with Crippen LogP contribution in [0.15, 0.2) is 30.3 Å². The number of thiophene rings is 1. The molecule has 2 aromatic rings. The Labute approximate surface area is 116 Å². The van der Waals surface area contributed by atoms with Crippen LogP contribution in [0.4, 0.5) is 0 Å². The topological polar surface area (TPSA) is 40.5 Å². The summed E-state index contributed by atoms with van der Waals surface area (Å²) in [4.78, 5) is 15.1. The van der Waals surface area contributed by atoms with E-state index in [1.807, 2.05) is 42.2 Å². The third kappa shape index (κ3) is 2.51. The van der Waals surface area contributed by atoms with Gasteiger partial charge in [-0.3, -0.25) is 4.79 Å². The van der Waals surface area contributed by atoms with E-state index >= 15 is 0 Å². The number of aliphatic hydroxyl groups is 1. The van der Waals surface area contributed by atoms with Crippen molar-refractivity contribution in [2.75, 3.05) is 13.1 Å². The van der Waals surface area contributed by atoms with Crippen LogP contribution in [-0.4, -0.2) is 34.6 Å². The predicted molar refractivity (Wildman–Crippen MR) is 77.6 cm³/mol. The molecule has 100 valence electrons. The Kier molecular flexibility index (Phi) is 3.07. The van der Waals surface area contributed by atoms with Gasteiger partial charge in [0.05, 0.1) is 10.5 Å². The van der Waals surface area contributed by atoms with Crippen molar-refractivity contribution < 1.29 is 9.90 Å². The molecule has 0 aliphatic carbocycles. The molecule has 1 aromatic carbocycles. The predicted octanol–water partition coefficient (Wildman–Crippen LogP) is 2.89. The van der Waals surface area contributed by atoms with E-state index in [0.717, 1.165) is 15.0 Å². The van der Waals surface area contributed by atoms with E-state index in [0.29, 0.717) is 25.9 Å².